The quantitative estimate of drug-likeness (QED) is 0.163. The van der Waals surface area contributed by atoms with Gasteiger partial charge in [0.25, 0.3) is 5.69 Å². The summed E-state index contributed by atoms with van der Waals surface area (Å²) in [6, 6.07) is 22.5. The van der Waals surface area contributed by atoms with E-state index in [-0.39, 0.29) is 27.3 Å². The zero-order valence-electron chi connectivity index (χ0n) is 21.5. The Morgan fingerprint density at radius 3 is 1.55 bits per heavy atom. The van der Waals surface area contributed by atoms with E-state index < -0.39 is 46.9 Å². The van der Waals surface area contributed by atoms with E-state index in [9.17, 15) is 26.9 Å². The largest absolute Gasteiger partial charge is 0.269 e. The van der Waals surface area contributed by atoms with Crippen molar-refractivity contribution in [3.8, 4) is 0 Å². The molecular weight excluding hydrogens is 546 g/mol. The van der Waals surface area contributed by atoms with Crippen LogP contribution in [0.5, 0.6) is 0 Å². The third-order valence-corrected chi connectivity index (χ3v) is 13.9. The normalized spacial score (nSPS) is 28.6. The van der Waals surface area contributed by atoms with Gasteiger partial charge in [-0.1, -0.05) is 59.2 Å². The molecule has 0 saturated heterocycles. The lowest BCUT2D eigenvalue weighted by Crippen LogP contribution is -2.45. The summed E-state index contributed by atoms with van der Waals surface area (Å²) in [7, 11) is -8.10. The molecule has 2 fully saturated rings. The maximum atomic E-state index is 14.4. The Labute approximate surface area is 233 Å². The van der Waals surface area contributed by atoms with Crippen molar-refractivity contribution in [3.63, 3.8) is 0 Å². The van der Waals surface area contributed by atoms with E-state index in [1.165, 1.54) is 12.1 Å². The fourth-order valence-corrected chi connectivity index (χ4v) is 12.8. The second kappa shape index (κ2) is 8.97. The number of rotatable bonds is 6. The monoisotopic (exact) mass is 573 g/mol. The Balaban J connectivity index is 1.47. The lowest BCUT2D eigenvalue weighted by atomic mass is 9.82. The van der Waals surface area contributed by atoms with E-state index in [0.29, 0.717) is 5.56 Å². The van der Waals surface area contributed by atoms with Gasteiger partial charge in [0.05, 0.1) is 25.2 Å². The molecule has 40 heavy (non-hydrogen) atoms. The predicted octanol–water partition coefficient (Wildman–Crippen LogP) is 5.65. The first-order valence-electron chi connectivity index (χ1n) is 13.5. The summed E-state index contributed by atoms with van der Waals surface area (Å²) in [5.41, 5.74) is 3.74. The Hall–Kier alpha value is -3.56. The van der Waals surface area contributed by atoms with Crippen LogP contribution in [-0.2, 0) is 19.7 Å². The molecule has 7 nitrogen and oxygen atoms in total. The molecule has 9 heteroatoms. The Morgan fingerprint density at radius 1 is 0.675 bits per heavy atom. The van der Waals surface area contributed by atoms with Gasteiger partial charge in [0.1, 0.15) is 0 Å². The van der Waals surface area contributed by atoms with Crippen LogP contribution in [0.25, 0.3) is 6.08 Å². The number of nitrogens with zero attached hydrogens (tertiary/aromatic N) is 1. The first-order chi connectivity index (χ1) is 19.2. The molecule has 4 aliphatic rings. The summed E-state index contributed by atoms with van der Waals surface area (Å²) < 4.78 is 57.7. The Morgan fingerprint density at radius 2 is 1.12 bits per heavy atom. The van der Waals surface area contributed by atoms with Crippen LogP contribution in [0.4, 0.5) is 5.69 Å². The van der Waals surface area contributed by atoms with Crippen molar-refractivity contribution in [2.75, 3.05) is 0 Å². The van der Waals surface area contributed by atoms with Crippen molar-refractivity contribution in [2.24, 2.45) is 23.7 Å². The van der Waals surface area contributed by atoms with Crippen LogP contribution < -0.4 is 0 Å². The predicted molar refractivity (Wildman–Crippen MR) is 151 cm³/mol. The molecule has 0 aromatic heterocycles. The molecule has 4 aliphatic carbocycles. The van der Waals surface area contributed by atoms with Gasteiger partial charge in [-0.05, 0) is 73.1 Å². The fraction of sp³-hybridized carbons (Fsp3) is 0.290. The second-order valence-electron chi connectivity index (χ2n) is 11.2. The second-order valence-corrected chi connectivity index (χ2v) is 15.4. The van der Waals surface area contributed by atoms with Crippen LogP contribution >= 0.6 is 0 Å². The lowest BCUT2D eigenvalue weighted by molar-refractivity contribution is -0.384. The van der Waals surface area contributed by atoms with Crippen molar-refractivity contribution in [3.05, 3.63) is 117 Å². The highest BCUT2D eigenvalue weighted by Gasteiger charge is 2.67. The van der Waals surface area contributed by atoms with Crippen molar-refractivity contribution >= 4 is 31.4 Å². The summed E-state index contributed by atoms with van der Waals surface area (Å²) in [6.07, 6.45) is 4.83. The highest BCUT2D eigenvalue weighted by molar-refractivity contribution is 7.96. The molecule has 3 aromatic rings. The molecule has 6 atom stereocenters. The summed E-state index contributed by atoms with van der Waals surface area (Å²) in [6.45, 7) is 0. The average Bonchev–Trinajstić information content (AvgIpc) is 3.73. The smallest absolute Gasteiger partial charge is 0.258 e. The minimum absolute atomic E-state index is 0.0377. The molecule has 2 saturated carbocycles. The van der Waals surface area contributed by atoms with Gasteiger partial charge < -0.3 is 0 Å². The summed E-state index contributed by atoms with van der Waals surface area (Å²) in [4.78, 5) is 11.0. The van der Waals surface area contributed by atoms with E-state index in [2.05, 4.69) is 0 Å². The van der Waals surface area contributed by atoms with E-state index >= 15 is 0 Å². The van der Waals surface area contributed by atoms with Crippen LogP contribution in [-0.4, -0.2) is 32.3 Å². The molecule has 0 amide bonds. The number of nitro groups is 1. The van der Waals surface area contributed by atoms with Crippen molar-refractivity contribution in [1.82, 2.24) is 0 Å². The minimum Gasteiger partial charge on any atom is -0.258 e. The Kier molecular flexibility index (Phi) is 5.70. The Bertz CT molecular complexity index is 1690. The third-order valence-electron chi connectivity index (χ3n) is 9.31. The fourth-order valence-electron chi connectivity index (χ4n) is 7.86. The maximum Gasteiger partial charge on any atom is 0.269 e. The van der Waals surface area contributed by atoms with Crippen molar-refractivity contribution in [2.45, 2.75) is 39.6 Å². The SMILES string of the molecule is O=[N+]([O-])c1ccc(C=C2[C@H]3C4=C([C@H]5CC[C@H]4C5)[C@H]2[C@H](S(=O)(=O)c2ccccc2)[C@H]3S(=O)(=O)c2ccccc2)cc1. The van der Waals surface area contributed by atoms with Crippen LogP contribution in [0.1, 0.15) is 24.8 Å². The maximum absolute atomic E-state index is 14.4. The van der Waals surface area contributed by atoms with Gasteiger partial charge in [-0.2, -0.15) is 0 Å². The van der Waals surface area contributed by atoms with Gasteiger partial charge in [0.2, 0.25) is 0 Å². The minimum atomic E-state index is -4.05. The molecule has 0 N–H and O–H groups in total. The van der Waals surface area contributed by atoms with Crippen molar-refractivity contribution < 1.29 is 21.8 Å². The van der Waals surface area contributed by atoms with Crippen LogP contribution in [0.3, 0.4) is 0 Å². The number of fused-ring (bicyclic) bond motifs is 8. The average molecular weight is 574 g/mol. The van der Waals surface area contributed by atoms with E-state index in [1.54, 1.807) is 72.8 Å². The van der Waals surface area contributed by atoms with Gasteiger partial charge in [-0.15, -0.1) is 0 Å². The number of allylic oxidation sites excluding steroid dienone is 3. The van der Waals surface area contributed by atoms with E-state index in [0.717, 1.165) is 36.0 Å². The highest BCUT2D eigenvalue weighted by Crippen LogP contribution is 2.68. The number of nitro benzene ring substituents is 1. The number of hydrogen-bond donors (Lipinski definition) is 0. The molecule has 3 aromatic carbocycles. The third kappa shape index (κ3) is 3.60. The van der Waals surface area contributed by atoms with Gasteiger partial charge in [-0.3, -0.25) is 10.1 Å². The van der Waals surface area contributed by atoms with Crippen LogP contribution in [0.2, 0.25) is 0 Å². The van der Waals surface area contributed by atoms with E-state index in [4.69, 9.17) is 0 Å². The summed E-state index contributed by atoms with van der Waals surface area (Å²) in [5, 5.41) is 8.89. The molecule has 204 valence electrons. The topological polar surface area (TPSA) is 111 Å². The number of sulfone groups is 2. The summed E-state index contributed by atoms with van der Waals surface area (Å²) in [5.74, 6) is -0.549. The van der Waals surface area contributed by atoms with Crippen LogP contribution in [0, 0.1) is 33.8 Å². The molecule has 0 unspecified atom stereocenters. The van der Waals surface area contributed by atoms with Crippen molar-refractivity contribution in [1.29, 1.82) is 0 Å². The molecule has 4 bridgehead atoms. The van der Waals surface area contributed by atoms with E-state index in [1.807, 2.05) is 6.08 Å². The molecule has 0 radical (unpaired) electrons. The number of benzene rings is 3. The number of non-ortho nitro benzene ring substituents is 1. The highest BCUT2D eigenvalue weighted by atomic mass is 32.2. The standard InChI is InChI=1S/C31H27NO6S2/c33-32(34)22-15-11-19(12-16-22)17-25-28-26-20-13-14-21(18-20)27(26)29(25)31(40(37,38)24-9-5-2-6-10-24)30(28)39(35,36)23-7-3-1-4-8-23/h1-12,15-17,20-21,28-31H,13-14,18H2/t20-,21-,28-,29-,30-,31-/m0/s1. The molecular formula is C31H27NO6S2. The van der Waals surface area contributed by atoms with Gasteiger partial charge in [-0.25, -0.2) is 16.8 Å². The zero-order valence-corrected chi connectivity index (χ0v) is 23.1. The molecule has 7 rings (SSSR count). The molecule has 0 spiro atoms. The molecule has 0 heterocycles. The number of hydrogen-bond acceptors (Lipinski definition) is 6. The van der Waals surface area contributed by atoms with Gasteiger partial charge in [0.15, 0.2) is 19.7 Å². The van der Waals surface area contributed by atoms with Gasteiger partial charge in [0, 0.05) is 24.0 Å². The lowest BCUT2D eigenvalue weighted by Gasteiger charge is -2.35. The summed E-state index contributed by atoms with van der Waals surface area (Å²) >= 11 is 0. The first kappa shape index (κ1) is 25.4. The zero-order chi connectivity index (χ0) is 27.8. The van der Waals surface area contributed by atoms with Crippen LogP contribution in [0.15, 0.2) is 111 Å². The first-order valence-corrected chi connectivity index (χ1v) is 16.6. The molecule has 0 aliphatic heterocycles. The van der Waals surface area contributed by atoms with Gasteiger partial charge >= 0.3 is 0 Å².